The number of amides is 2. The molecule has 0 fully saturated rings. The van der Waals surface area contributed by atoms with Crippen molar-refractivity contribution in [3.05, 3.63) is 59.0 Å². The summed E-state index contributed by atoms with van der Waals surface area (Å²) in [7, 11) is 0. The Morgan fingerprint density at radius 2 is 2.09 bits per heavy atom. The zero-order chi connectivity index (χ0) is 16.7. The van der Waals surface area contributed by atoms with E-state index in [1.54, 1.807) is 37.3 Å². The van der Waals surface area contributed by atoms with Crippen LogP contribution < -0.4 is 15.6 Å². The second-order valence-electron chi connectivity index (χ2n) is 4.54. The first kappa shape index (κ1) is 16.8. The minimum Gasteiger partial charge on any atom is -0.481 e. The molecule has 0 saturated heterocycles. The molecule has 1 aromatic carbocycles. The van der Waals surface area contributed by atoms with Crippen molar-refractivity contribution in [1.29, 1.82) is 0 Å². The predicted octanol–water partition coefficient (Wildman–Crippen LogP) is 2.67. The highest BCUT2D eigenvalue weighted by molar-refractivity contribution is 9.10. The maximum atomic E-state index is 11.9. The molecule has 0 aliphatic heterocycles. The predicted molar refractivity (Wildman–Crippen MR) is 88.3 cm³/mol. The summed E-state index contributed by atoms with van der Waals surface area (Å²) < 4.78 is 11.4. The van der Waals surface area contributed by atoms with E-state index >= 15 is 0 Å². The first-order valence-corrected chi connectivity index (χ1v) is 7.57. The lowest BCUT2D eigenvalue weighted by Crippen LogP contribution is -2.46. The molecule has 23 heavy (non-hydrogen) atoms. The Labute approximate surface area is 141 Å². The molecule has 2 amide bonds. The van der Waals surface area contributed by atoms with Crippen LogP contribution in [0.15, 0.2) is 57.6 Å². The van der Waals surface area contributed by atoms with E-state index in [-0.39, 0.29) is 0 Å². The van der Waals surface area contributed by atoms with E-state index in [1.165, 1.54) is 18.4 Å². The molecular weight excluding hydrogens is 364 g/mol. The monoisotopic (exact) mass is 378 g/mol. The number of rotatable bonds is 5. The first-order valence-electron chi connectivity index (χ1n) is 6.78. The third-order valence-corrected chi connectivity index (χ3v) is 3.22. The van der Waals surface area contributed by atoms with Gasteiger partial charge in [-0.2, -0.15) is 0 Å². The van der Waals surface area contributed by atoms with Gasteiger partial charge < -0.3 is 9.15 Å². The minimum atomic E-state index is -0.765. The van der Waals surface area contributed by atoms with Crippen molar-refractivity contribution in [1.82, 2.24) is 10.9 Å². The zero-order valence-corrected chi connectivity index (χ0v) is 13.9. The van der Waals surface area contributed by atoms with Gasteiger partial charge in [0.2, 0.25) is 0 Å². The summed E-state index contributed by atoms with van der Waals surface area (Å²) in [6.07, 6.45) is 3.47. The third kappa shape index (κ3) is 5.63. The maximum Gasteiger partial charge on any atom is 0.279 e. The van der Waals surface area contributed by atoms with E-state index in [2.05, 4.69) is 26.8 Å². The van der Waals surface area contributed by atoms with Crippen LogP contribution in [0.3, 0.4) is 0 Å². The lowest BCUT2D eigenvalue weighted by molar-refractivity contribution is -0.131. The zero-order valence-electron chi connectivity index (χ0n) is 12.3. The number of halogens is 1. The van der Waals surface area contributed by atoms with Crippen LogP contribution in [0, 0.1) is 0 Å². The molecular formula is C16H15BrN2O4. The van der Waals surface area contributed by atoms with E-state index < -0.39 is 17.9 Å². The van der Waals surface area contributed by atoms with Gasteiger partial charge in [-0.3, -0.25) is 20.4 Å². The smallest absolute Gasteiger partial charge is 0.279 e. The van der Waals surface area contributed by atoms with Gasteiger partial charge in [-0.15, -0.1) is 0 Å². The maximum absolute atomic E-state index is 11.9. The van der Waals surface area contributed by atoms with Crippen molar-refractivity contribution in [2.24, 2.45) is 0 Å². The number of hydrogen-bond acceptors (Lipinski definition) is 4. The molecule has 0 spiro atoms. The van der Waals surface area contributed by atoms with Gasteiger partial charge in [0.05, 0.1) is 6.26 Å². The van der Waals surface area contributed by atoms with E-state index in [0.717, 1.165) is 4.47 Å². The normalized spacial score (nSPS) is 11.9. The average molecular weight is 379 g/mol. The van der Waals surface area contributed by atoms with Gasteiger partial charge in [-0.25, -0.2) is 0 Å². The number of furan rings is 1. The van der Waals surface area contributed by atoms with Crippen LogP contribution in [0.2, 0.25) is 0 Å². The van der Waals surface area contributed by atoms with Crippen LogP contribution in [0.5, 0.6) is 5.75 Å². The Bertz CT molecular complexity index is 698. The molecule has 0 radical (unpaired) electrons. The second kappa shape index (κ2) is 8.19. The van der Waals surface area contributed by atoms with Gasteiger partial charge in [0, 0.05) is 10.5 Å². The topological polar surface area (TPSA) is 80.6 Å². The summed E-state index contributed by atoms with van der Waals surface area (Å²) in [6.45, 7) is 1.58. The van der Waals surface area contributed by atoms with Gasteiger partial charge in [-0.1, -0.05) is 22.0 Å². The number of ether oxygens (including phenoxy) is 1. The molecule has 6 nitrogen and oxygen atoms in total. The third-order valence-electron chi connectivity index (χ3n) is 2.73. The Kier molecular flexibility index (Phi) is 5.99. The van der Waals surface area contributed by atoms with Crippen molar-refractivity contribution >= 4 is 33.8 Å². The number of nitrogens with one attached hydrogen (secondary N) is 2. The SMILES string of the molecule is C[C@H](Oc1cccc(Br)c1)C(=O)NNC(=O)/C=C/c1ccco1. The molecule has 1 aromatic heterocycles. The van der Waals surface area contributed by atoms with Crippen molar-refractivity contribution in [3.8, 4) is 5.75 Å². The molecule has 120 valence electrons. The molecule has 2 rings (SSSR count). The van der Waals surface area contributed by atoms with Gasteiger partial charge >= 0.3 is 0 Å². The van der Waals surface area contributed by atoms with Crippen LogP contribution in [-0.4, -0.2) is 17.9 Å². The van der Waals surface area contributed by atoms with Crippen LogP contribution in [-0.2, 0) is 9.59 Å². The van der Waals surface area contributed by atoms with Crippen molar-refractivity contribution in [3.63, 3.8) is 0 Å². The standard InChI is InChI=1S/C16H15BrN2O4/c1-11(23-14-5-2-4-12(17)10-14)16(21)19-18-15(20)8-7-13-6-3-9-22-13/h2-11H,1H3,(H,18,20)(H,19,21)/b8-7+/t11-/m0/s1. The largest absolute Gasteiger partial charge is 0.481 e. The number of hydrazine groups is 1. The summed E-state index contributed by atoms with van der Waals surface area (Å²) in [5.74, 6) is 0.137. The van der Waals surface area contributed by atoms with Gasteiger partial charge in [0.25, 0.3) is 11.8 Å². The highest BCUT2D eigenvalue weighted by atomic mass is 79.9. The summed E-state index contributed by atoms with van der Waals surface area (Å²) in [6, 6.07) is 10.5. The fourth-order valence-electron chi connectivity index (χ4n) is 1.61. The highest BCUT2D eigenvalue weighted by Gasteiger charge is 2.15. The fourth-order valence-corrected chi connectivity index (χ4v) is 1.99. The van der Waals surface area contributed by atoms with Crippen molar-refractivity contribution in [2.45, 2.75) is 13.0 Å². The average Bonchev–Trinajstić information content (AvgIpc) is 3.04. The van der Waals surface area contributed by atoms with E-state index in [1.807, 2.05) is 6.07 Å². The molecule has 0 unspecified atom stereocenters. The first-order chi connectivity index (χ1) is 11.0. The molecule has 1 heterocycles. The minimum absolute atomic E-state index is 0.468. The molecule has 7 heteroatoms. The van der Waals surface area contributed by atoms with Crippen LogP contribution in [0.4, 0.5) is 0 Å². The molecule has 2 N–H and O–H groups in total. The van der Waals surface area contributed by atoms with Gasteiger partial charge in [0.15, 0.2) is 6.10 Å². The van der Waals surface area contributed by atoms with Crippen LogP contribution >= 0.6 is 15.9 Å². The van der Waals surface area contributed by atoms with E-state index in [9.17, 15) is 9.59 Å². The number of carbonyl (C=O) groups excluding carboxylic acids is 2. The van der Waals surface area contributed by atoms with E-state index in [0.29, 0.717) is 11.5 Å². The summed E-state index contributed by atoms with van der Waals surface area (Å²) in [5, 5.41) is 0. The molecule has 2 aromatic rings. The number of benzene rings is 1. The van der Waals surface area contributed by atoms with Crippen molar-refractivity contribution in [2.75, 3.05) is 0 Å². The number of carbonyl (C=O) groups is 2. The van der Waals surface area contributed by atoms with Crippen LogP contribution in [0.1, 0.15) is 12.7 Å². The molecule has 1 atom stereocenters. The lowest BCUT2D eigenvalue weighted by Gasteiger charge is -2.14. The molecule has 0 aliphatic rings. The Hall–Kier alpha value is -2.54. The Balaban J connectivity index is 1.78. The Morgan fingerprint density at radius 1 is 1.26 bits per heavy atom. The summed E-state index contributed by atoms with van der Waals surface area (Å²) >= 11 is 3.32. The second-order valence-corrected chi connectivity index (χ2v) is 5.46. The van der Waals surface area contributed by atoms with Gasteiger partial charge in [0.1, 0.15) is 11.5 Å². The highest BCUT2D eigenvalue weighted by Crippen LogP contribution is 2.18. The Morgan fingerprint density at radius 3 is 2.78 bits per heavy atom. The number of hydrogen-bond donors (Lipinski definition) is 2. The fraction of sp³-hybridized carbons (Fsp3) is 0.125. The molecule has 0 bridgehead atoms. The summed E-state index contributed by atoms with van der Waals surface area (Å²) in [5.41, 5.74) is 4.56. The van der Waals surface area contributed by atoms with E-state index in [4.69, 9.17) is 9.15 Å². The van der Waals surface area contributed by atoms with Crippen LogP contribution in [0.25, 0.3) is 6.08 Å². The summed E-state index contributed by atoms with van der Waals surface area (Å²) in [4.78, 5) is 23.4. The molecule has 0 saturated carbocycles. The quantitative estimate of drug-likeness (QED) is 0.618. The molecule has 0 aliphatic carbocycles. The van der Waals surface area contributed by atoms with Gasteiger partial charge in [-0.05, 0) is 43.3 Å². The lowest BCUT2D eigenvalue weighted by atomic mass is 10.3. The van der Waals surface area contributed by atoms with Crippen molar-refractivity contribution < 1.29 is 18.7 Å².